The summed E-state index contributed by atoms with van der Waals surface area (Å²) in [7, 11) is -3.41. The zero-order chi connectivity index (χ0) is 9.31. The Labute approximate surface area is 76.5 Å². The molecule has 0 radical (unpaired) electrons. The third-order valence-corrected chi connectivity index (χ3v) is 2.73. The number of hydrogen-bond acceptors (Lipinski definition) is 2. The summed E-state index contributed by atoms with van der Waals surface area (Å²) in [6.45, 7) is 0.284. The first-order valence-corrected chi connectivity index (χ1v) is 5.25. The second-order valence-electron chi connectivity index (χ2n) is 2.70. The highest BCUT2D eigenvalue weighted by atomic mass is 32.2. The fourth-order valence-electron chi connectivity index (χ4n) is 1.15. The van der Waals surface area contributed by atoms with Gasteiger partial charge in [-0.3, -0.25) is 0 Å². The molecule has 1 aromatic carbocycles. The molecule has 4 nitrogen and oxygen atoms in total. The van der Waals surface area contributed by atoms with Crippen LogP contribution >= 0.6 is 0 Å². The zero-order valence-electron chi connectivity index (χ0n) is 6.77. The van der Waals surface area contributed by atoms with Gasteiger partial charge in [0, 0.05) is 0 Å². The molecule has 1 aliphatic rings. The Balaban J connectivity index is 2.41. The molecule has 1 aliphatic heterocycles. The summed E-state index contributed by atoms with van der Waals surface area (Å²) in [6, 6.07) is 9.25. The molecule has 1 N–H and O–H groups in total. The standard InChI is InChI=1S/C8H8N2O2S/c11-13(12)9-6-8(10-13)7-4-2-1-3-5-7/h1-5,9H,6H2. The van der Waals surface area contributed by atoms with Crippen molar-refractivity contribution in [2.75, 3.05) is 6.54 Å². The van der Waals surface area contributed by atoms with Crippen LogP contribution in [0.1, 0.15) is 5.56 Å². The van der Waals surface area contributed by atoms with Crippen LogP contribution in [-0.2, 0) is 10.2 Å². The van der Waals surface area contributed by atoms with Crippen molar-refractivity contribution in [3.63, 3.8) is 0 Å². The normalized spacial score (nSPS) is 19.8. The summed E-state index contributed by atoms with van der Waals surface area (Å²) >= 11 is 0. The van der Waals surface area contributed by atoms with Crippen molar-refractivity contribution in [1.82, 2.24) is 4.72 Å². The smallest absolute Gasteiger partial charge is 0.190 e. The summed E-state index contributed by atoms with van der Waals surface area (Å²) in [6.07, 6.45) is 0. The first kappa shape index (κ1) is 8.40. The SMILES string of the molecule is O=S1(=O)N=C(c2ccccc2)CN1. The van der Waals surface area contributed by atoms with E-state index in [-0.39, 0.29) is 6.54 Å². The van der Waals surface area contributed by atoms with Gasteiger partial charge in [-0.2, -0.15) is 17.5 Å². The molecular weight excluding hydrogens is 188 g/mol. The summed E-state index contributed by atoms with van der Waals surface area (Å²) in [5, 5.41) is 0. The van der Waals surface area contributed by atoms with Gasteiger partial charge in [0.1, 0.15) is 0 Å². The Kier molecular flexibility index (Phi) is 1.90. The molecule has 0 saturated carbocycles. The number of nitrogens with zero attached hydrogens (tertiary/aromatic N) is 1. The Morgan fingerprint density at radius 3 is 2.46 bits per heavy atom. The van der Waals surface area contributed by atoms with Crippen LogP contribution in [0.5, 0.6) is 0 Å². The Hall–Kier alpha value is -1.20. The molecule has 0 aromatic heterocycles. The zero-order valence-corrected chi connectivity index (χ0v) is 7.58. The van der Waals surface area contributed by atoms with Gasteiger partial charge in [-0.25, -0.2) is 0 Å². The first-order valence-electron chi connectivity index (χ1n) is 3.81. The van der Waals surface area contributed by atoms with Gasteiger partial charge in [0.25, 0.3) is 0 Å². The number of rotatable bonds is 1. The predicted octanol–water partition coefficient (Wildman–Crippen LogP) is 0.324. The van der Waals surface area contributed by atoms with E-state index < -0.39 is 10.2 Å². The Morgan fingerprint density at radius 1 is 1.23 bits per heavy atom. The number of hydrogen-bond donors (Lipinski definition) is 1. The largest absolute Gasteiger partial charge is 0.320 e. The van der Waals surface area contributed by atoms with Crippen LogP contribution in [0.3, 0.4) is 0 Å². The van der Waals surface area contributed by atoms with Crippen LogP contribution in [0.2, 0.25) is 0 Å². The number of benzene rings is 1. The molecule has 2 rings (SSSR count). The fourth-order valence-corrected chi connectivity index (χ4v) is 2.00. The maximum Gasteiger partial charge on any atom is 0.320 e. The molecule has 0 bridgehead atoms. The molecule has 1 heterocycles. The second kappa shape index (κ2) is 2.93. The second-order valence-corrected chi connectivity index (χ2v) is 4.12. The average molecular weight is 196 g/mol. The molecule has 0 spiro atoms. The van der Waals surface area contributed by atoms with Gasteiger partial charge in [-0.1, -0.05) is 30.3 Å². The van der Waals surface area contributed by atoms with Crippen molar-refractivity contribution in [3.8, 4) is 0 Å². The van der Waals surface area contributed by atoms with Crippen LogP contribution in [0, 0.1) is 0 Å². The molecule has 68 valence electrons. The monoisotopic (exact) mass is 196 g/mol. The van der Waals surface area contributed by atoms with E-state index in [9.17, 15) is 8.42 Å². The lowest BCUT2D eigenvalue weighted by Gasteiger charge is -1.95. The summed E-state index contributed by atoms with van der Waals surface area (Å²) in [5.41, 5.74) is 1.41. The lowest BCUT2D eigenvalue weighted by Crippen LogP contribution is -2.18. The van der Waals surface area contributed by atoms with E-state index in [0.29, 0.717) is 5.71 Å². The van der Waals surface area contributed by atoms with Crippen molar-refractivity contribution in [3.05, 3.63) is 35.9 Å². The van der Waals surface area contributed by atoms with Gasteiger partial charge < -0.3 is 0 Å². The molecule has 0 aliphatic carbocycles. The molecular formula is C8H8N2O2S. The van der Waals surface area contributed by atoms with Gasteiger partial charge in [-0.15, -0.1) is 0 Å². The van der Waals surface area contributed by atoms with Crippen molar-refractivity contribution < 1.29 is 8.42 Å². The van der Waals surface area contributed by atoms with Crippen molar-refractivity contribution >= 4 is 15.9 Å². The molecule has 0 atom stereocenters. The Bertz CT molecular complexity index is 436. The summed E-state index contributed by atoms with van der Waals surface area (Å²) < 4.78 is 27.7. The molecule has 0 saturated heterocycles. The number of nitrogens with one attached hydrogen (secondary N) is 1. The molecule has 0 unspecified atom stereocenters. The molecule has 0 fully saturated rings. The van der Waals surface area contributed by atoms with E-state index in [0.717, 1.165) is 5.56 Å². The third-order valence-electron chi connectivity index (χ3n) is 1.76. The predicted molar refractivity (Wildman–Crippen MR) is 49.9 cm³/mol. The minimum atomic E-state index is -3.41. The van der Waals surface area contributed by atoms with Crippen LogP contribution in [0.4, 0.5) is 0 Å². The maximum absolute atomic E-state index is 10.9. The lowest BCUT2D eigenvalue weighted by atomic mass is 10.1. The van der Waals surface area contributed by atoms with Gasteiger partial charge in [0.05, 0.1) is 12.3 Å². The van der Waals surface area contributed by atoms with Crippen molar-refractivity contribution in [1.29, 1.82) is 0 Å². The third kappa shape index (κ3) is 1.76. The fraction of sp³-hybridized carbons (Fsp3) is 0.125. The highest BCUT2D eigenvalue weighted by Gasteiger charge is 2.19. The van der Waals surface area contributed by atoms with Gasteiger partial charge in [0.2, 0.25) is 0 Å². The quantitative estimate of drug-likeness (QED) is 0.703. The van der Waals surface area contributed by atoms with E-state index >= 15 is 0 Å². The van der Waals surface area contributed by atoms with Crippen LogP contribution in [0.25, 0.3) is 0 Å². The topological polar surface area (TPSA) is 58.5 Å². The van der Waals surface area contributed by atoms with Crippen molar-refractivity contribution in [2.24, 2.45) is 4.40 Å². The summed E-state index contributed by atoms with van der Waals surface area (Å²) in [4.78, 5) is 0. The summed E-state index contributed by atoms with van der Waals surface area (Å²) in [5.74, 6) is 0. The maximum atomic E-state index is 10.9. The molecule has 13 heavy (non-hydrogen) atoms. The molecule has 1 aromatic rings. The molecule has 5 heteroatoms. The van der Waals surface area contributed by atoms with Gasteiger partial charge in [-0.05, 0) is 5.56 Å². The Morgan fingerprint density at radius 2 is 1.92 bits per heavy atom. The van der Waals surface area contributed by atoms with E-state index in [4.69, 9.17) is 0 Å². The minimum absolute atomic E-state index is 0.284. The van der Waals surface area contributed by atoms with Crippen LogP contribution in [-0.4, -0.2) is 20.7 Å². The minimum Gasteiger partial charge on any atom is -0.190 e. The first-order chi connectivity index (χ1) is 6.17. The van der Waals surface area contributed by atoms with E-state index in [2.05, 4.69) is 9.12 Å². The van der Waals surface area contributed by atoms with E-state index in [1.165, 1.54) is 0 Å². The lowest BCUT2D eigenvalue weighted by molar-refractivity contribution is 0.592. The van der Waals surface area contributed by atoms with E-state index in [1.54, 1.807) is 0 Å². The van der Waals surface area contributed by atoms with Crippen molar-refractivity contribution in [2.45, 2.75) is 0 Å². The van der Waals surface area contributed by atoms with Gasteiger partial charge in [0.15, 0.2) is 0 Å². The van der Waals surface area contributed by atoms with Crippen LogP contribution < -0.4 is 4.72 Å². The van der Waals surface area contributed by atoms with E-state index in [1.807, 2.05) is 30.3 Å². The van der Waals surface area contributed by atoms with Crippen LogP contribution in [0.15, 0.2) is 34.7 Å². The molecule has 0 amide bonds. The van der Waals surface area contributed by atoms with Gasteiger partial charge >= 0.3 is 10.2 Å². The average Bonchev–Trinajstić information content (AvgIpc) is 2.48. The highest BCUT2D eigenvalue weighted by molar-refractivity contribution is 7.88. The highest BCUT2D eigenvalue weighted by Crippen LogP contribution is 2.07.